The number of carbonyl (C=O) groups is 1. The Hall–Kier alpha value is -4.33. The van der Waals surface area contributed by atoms with Gasteiger partial charge < -0.3 is 23.8 Å². The number of ether oxygens (including phenoxy) is 3. The van der Waals surface area contributed by atoms with Crippen LogP contribution < -0.4 is 14.2 Å². The first-order chi connectivity index (χ1) is 15.6. The van der Waals surface area contributed by atoms with E-state index in [-0.39, 0.29) is 36.2 Å². The van der Waals surface area contributed by atoms with Crippen molar-refractivity contribution in [1.82, 2.24) is 4.98 Å². The molecule has 0 aliphatic carbocycles. The Morgan fingerprint density at radius 1 is 0.969 bits per heavy atom. The first-order valence-corrected chi connectivity index (χ1v) is 9.79. The van der Waals surface area contributed by atoms with Crippen LogP contribution in [-0.2, 0) is 18.0 Å². The molecule has 162 valence electrons. The summed E-state index contributed by atoms with van der Waals surface area (Å²) in [5.41, 5.74) is 1.92. The molecule has 4 rings (SSSR count). The van der Waals surface area contributed by atoms with Gasteiger partial charge in [-0.25, -0.2) is 4.79 Å². The third-order valence-electron chi connectivity index (χ3n) is 4.57. The van der Waals surface area contributed by atoms with Crippen LogP contribution in [0.3, 0.4) is 0 Å². The second-order valence-electron chi connectivity index (χ2n) is 6.79. The van der Waals surface area contributed by atoms with Gasteiger partial charge in [-0.1, -0.05) is 60.7 Å². The Morgan fingerprint density at radius 3 is 2.16 bits per heavy atom. The third-order valence-corrected chi connectivity index (χ3v) is 4.57. The van der Waals surface area contributed by atoms with E-state index >= 15 is 0 Å². The predicted octanol–water partition coefficient (Wildman–Crippen LogP) is 3.92. The number of hydrogen-bond donors (Lipinski definition) is 0. The number of pyridine rings is 1. The van der Waals surface area contributed by atoms with Gasteiger partial charge in [0.15, 0.2) is 11.4 Å². The molecule has 0 radical (unpaired) electrons. The Morgan fingerprint density at radius 2 is 1.56 bits per heavy atom. The molecule has 0 amide bonds. The largest absolute Gasteiger partial charge is 0.618 e. The number of esters is 1. The average Bonchev–Trinajstić information content (AvgIpc) is 3.33. The zero-order chi connectivity index (χ0) is 22.3. The molecule has 8 nitrogen and oxygen atoms in total. The zero-order valence-corrected chi connectivity index (χ0v) is 17.3. The van der Waals surface area contributed by atoms with E-state index in [1.807, 2.05) is 60.7 Å². The highest BCUT2D eigenvalue weighted by Gasteiger charge is 2.23. The van der Waals surface area contributed by atoms with Crippen molar-refractivity contribution in [2.24, 2.45) is 0 Å². The lowest BCUT2D eigenvalue weighted by atomic mass is 10.2. The van der Waals surface area contributed by atoms with E-state index < -0.39 is 5.97 Å². The van der Waals surface area contributed by atoms with Crippen LogP contribution in [0.2, 0.25) is 0 Å². The van der Waals surface area contributed by atoms with Gasteiger partial charge in [-0.3, -0.25) is 0 Å². The minimum absolute atomic E-state index is 0.0421. The van der Waals surface area contributed by atoms with Crippen molar-refractivity contribution in [3.05, 3.63) is 101 Å². The maximum absolute atomic E-state index is 12.7. The summed E-state index contributed by atoms with van der Waals surface area (Å²) in [7, 11) is 1.23. The van der Waals surface area contributed by atoms with Crippen LogP contribution >= 0.6 is 0 Å². The van der Waals surface area contributed by atoms with E-state index in [1.165, 1.54) is 19.4 Å². The summed E-state index contributed by atoms with van der Waals surface area (Å²) in [6.45, 7) is 0.525. The maximum atomic E-state index is 12.7. The second-order valence-corrected chi connectivity index (χ2v) is 6.79. The standard InChI is InChI=1S/C24H20N2O6/c1-29-24(27)19-16-32-23(25-19)20-12-21(30-14-17-8-4-2-5-9-17)22(13-26(20)28)31-15-18-10-6-3-7-11-18/h2-13,16H,14-15H2,1H3. The van der Waals surface area contributed by atoms with Crippen molar-refractivity contribution < 1.29 is 28.2 Å². The predicted molar refractivity (Wildman–Crippen MR) is 114 cm³/mol. The molecule has 2 aromatic heterocycles. The van der Waals surface area contributed by atoms with Crippen LogP contribution in [0.25, 0.3) is 11.6 Å². The number of carbonyl (C=O) groups excluding carboxylic acids is 1. The van der Waals surface area contributed by atoms with Gasteiger partial charge in [0, 0.05) is 0 Å². The minimum atomic E-state index is -0.666. The summed E-state index contributed by atoms with van der Waals surface area (Å²) in [4.78, 5) is 15.7. The Bertz CT molecular complexity index is 1190. The van der Waals surface area contributed by atoms with Gasteiger partial charge in [0.05, 0.1) is 13.2 Å². The molecule has 0 bridgehead atoms. The van der Waals surface area contributed by atoms with Crippen molar-refractivity contribution in [2.45, 2.75) is 13.2 Å². The van der Waals surface area contributed by atoms with Gasteiger partial charge in [-0.15, -0.1) is 0 Å². The molecule has 0 aliphatic heterocycles. The molecule has 2 aromatic carbocycles. The molecule has 0 fully saturated rings. The summed E-state index contributed by atoms with van der Waals surface area (Å²) in [5, 5.41) is 12.7. The summed E-state index contributed by atoms with van der Waals surface area (Å²) in [5.74, 6) is -0.103. The number of hydrogen-bond acceptors (Lipinski definition) is 7. The zero-order valence-electron chi connectivity index (χ0n) is 17.3. The number of nitrogens with zero attached hydrogens (tertiary/aromatic N) is 2. The molecular weight excluding hydrogens is 412 g/mol. The third kappa shape index (κ3) is 4.86. The van der Waals surface area contributed by atoms with Gasteiger partial charge >= 0.3 is 5.97 Å². The highest BCUT2D eigenvalue weighted by atomic mass is 16.5. The van der Waals surface area contributed by atoms with E-state index in [2.05, 4.69) is 9.72 Å². The van der Waals surface area contributed by atoms with Crippen LogP contribution in [0.5, 0.6) is 11.5 Å². The first-order valence-electron chi connectivity index (χ1n) is 9.79. The molecule has 0 atom stereocenters. The van der Waals surface area contributed by atoms with Crippen LogP contribution in [0.1, 0.15) is 21.6 Å². The fraction of sp³-hybridized carbons (Fsp3) is 0.125. The average molecular weight is 432 g/mol. The van der Waals surface area contributed by atoms with E-state index in [0.717, 1.165) is 17.4 Å². The molecule has 0 aliphatic rings. The molecular formula is C24H20N2O6. The number of benzene rings is 2. The van der Waals surface area contributed by atoms with E-state index in [1.54, 1.807) is 0 Å². The molecule has 32 heavy (non-hydrogen) atoms. The second kappa shape index (κ2) is 9.65. The van der Waals surface area contributed by atoms with Crippen molar-refractivity contribution in [3.63, 3.8) is 0 Å². The molecule has 8 heteroatoms. The number of aromatic nitrogens is 2. The molecule has 2 heterocycles. The number of oxazole rings is 1. The van der Waals surface area contributed by atoms with Gasteiger partial charge in [0.25, 0.3) is 11.6 Å². The Kier molecular flexibility index (Phi) is 6.31. The minimum Gasteiger partial charge on any atom is -0.618 e. The summed E-state index contributed by atoms with van der Waals surface area (Å²) >= 11 is 0. The molecule has 0 saturated heterocycles. The Labute approximate surface area is 184 Å². The summed E-state index contributed by atoms with van der Waals surface area (Å²) in [6.07, 6.45) is 2.38. The quantitative estimate of drug-likeness (QED) is 0.236. The van der Waals surface area contributed by atoms with Gasteiger partial charge in [-0.2, -0.15) is 9.71 Å². The fourth-order valence-electron chi connectivity index (χ4n) is 2.94. The van der Waals surface area contributed by atoms with Crippen LogP contribution in [0.4, 0.5) is 0 Å². The lowest BCUT2D eigenvalue weighted by Gasteiger charge is -2.13. The highest BCUT2D eigenvalue weighted by Crippen LogP contribution is 2.31. The lowest BCUT2D eigenvalue weighted by Crippen LogP contribution is -2.29. The number of methoxy groups -OCH3 is 1. The summed E-state index contributed by atoms with van der Waals surface area (Å²) < 4.78 is 22.3. The SMILES string of the molecule is COC(=O)c1coc(-c2cc(OCc3ccccc3)c(OCc3ccccc3)c[n+]2[O-])n1. The molecule has 0 unspecified atom stereocenters. The summed E-state index contributed by atoms with van der Waals surface area (Å²) in [6, 6.07) is 20.6. The molecule has 0 spiro atoms. The van der Waals surface area contributed by atoms with E-state index in [9.17, 15) is 10.0 Å². The monoisotopic (exact) mass is 432 g/mol. The molecule has 0 saturated carbocycles. The van der Waals surface area contributed by atoms with Crippen molar-refractivity contribution in [3.8, 4) is 23.1 Å². The lowest BCUT2D eigenvalue weighted by molar-refractivity contribution is -0.594. The van der Waals surface area contributed by atoms with Crippen molar-refractivity contribution in [1.29, 1.82) is 0 Å². The van der Waals surface area contributed by atoms with Gasteiger partial charge in [-0.05, 0) is 11.1 Å². The topological polar surface area (TPSA) is 97.7 Å². The molecule has 4 aromatic rings. The van der Waals surface area contributed by atoms with Crippen LogP contribution in [-0.4, -0.2) is 18.1 Å². The first kappa shape index (κ1) is 20.9. The smallest absolute Gasteiger partial charge is 0.360 e. The molecule has 0 N–H and O–H groups in total. The highest BCUT2D eigenvalue weighted by molar-refractivity contribution is 5.87. The van der Waals surface area contributed by atoms with Gasteiger partial charge in [0.2, 0.25) is 11.9 Å². The van der Waals surface area contributed by atoms with Crippen LogP contribution in [0.15, 0.2) is 83.6 Å². The van der Waals surface area contributed by atoms with Crippen molar-refractivity contribution >= 4 is 5.97 Å². The van der Waals surface area contributed by atoms with Crippen LogP contribution in [0, 0.1) is 5.21 Å². The maximum Gasteiger partial charge on any atom is 0.360 e. The Balaban J connectivity index is 1.64. The van der Waals surface area contributed by atoms with Gasteiger partial charge in [0.1, 0.15) is 19.5 Å². The normalized spacial score (nSPS) is 10.5. The van der Waals surface area contributed by atoms with E-state index in [4.69, 9.17) is 13.9 Å². The fourth-order valence-corrected chi connectivity index (χ4v) is 2.94. The van der Waals surface area contributed by atoms with E-state index in [0.29, 0.717) is 10.5 Å². The number of rotatable bonds is 8. The van der Waals surface area contributed by atoms with Crippen molar-refractivity contribution in [2.75, 3.05) is 7.11 Å².